The molecule has 0 atom stereocenters. The summed E-state index contributed by atoms with van der Waals surface area (Å²) in [5.74, 6) is -1.39. The summed E-state index contributed by atoms with van der Waals surface area (Å²) in [5.41, 5.74) is -0.260. The fourth-order valence-electron chi connectivity index (χ4n) is 1.11. The van der Waals surface area contributed by atoms with Crippen LogP contribution < -0.4 is 0 Å². The SMILES string of the molecule is On1c(C(F)(F)F)nc2ncc(Br)cc21. The number of fused-ring (bicyclic) bond motifs is 1. The zero-order valence-corrected chi connectivity index (χ0v) is 8.54. The van der Waals surface area contributed by atoms with Crippen LogP contribution in [0.2, 0.25) is 0 Å². The number of nitrogens with zero attached hydrogens (tertiary/aromatic N) is 3. The summed E-state index contributed by atoms with van der Waals surface area (Å²) in [7, 11) is 0. The number of rotatable bonds is 0. The Bertz CT molecular complexity index is 522. The maximum Gasteiger partial charge on any atom is 0.453 e. The van der Waals surface area contributed by atoms with Gasteiger partial charge in [-0.1, -0.05) is 0 Å². The monoisotopic (exact) mass is 281 g/mol. The molecule has 2 aromatic heterocycles. The Hall–Kier alpha value is -1.31. The second kappa shape index (κ2) is 3.09. The van der Waals surface area contributed by atoms with Crippen molar-refractivity contribution in [2.24, 2.45) is 0 Å². The molecule has 2 aromatic rings. The van der Waals surface area contributed by atoms with Gasteiger partial charge in [0.25, 0.3) is 5.82 Å². The molecule has 2 heterocycles. The van der Waals surface area contributed by atoms with Gasteiger partial charge < -0.3 is 5.21 Å². The molecule has 0 amide bonds. The predicted molar refractivity (Wildman–Crippen MR) is 47.4 cm³/mol. The lowest BCUT2D eigenvalue weighted by atomic mass is 10.4. The minimum absolute atomic E-state index is 0.0207. The van der Waals surface area contributed by atoms with Crippen LogP contribution in [0.25, 0.3) is 11.2 Å². The van der Waals surface area contributed by atoms with Crippen LogP contribution in [0.5, 0.6) is 0 Å². The number of pyridine rings is 1. The van der Waals surface area contributed by atoms with E-state index in [-0.39, 0.29) is 15.9 Å². The Balaban J connectivity index is 2.76. The van der Waals surface area contributed by atoms with E-state index in [4.69, 9.17) is 0 Å². The predicted octanol–water partition coefficient (Wildman–Crippen LogP) is 2.45. The Morgan fingerprint density at radius 3 is 2.67 bits per heavy atom. The summed E-state index contributed by atoms with van der Waals surface area (Å²) in [6, 6.07) is 1.30. The molecule has 4 nitrogen and oxygen atoms in total. The summed E-state index contributed by atoms with van der Waals surface area (Å²) in [4.78, 5) is 6.82. The van der Waals surface area contributed by atoms with E-state index in [1.807, 2.05) is 0 Å². The van der Waals surface area contributed by atoms with Crippen LogP contribution >= 0.6 is 15.9 Å². The van der Waals surface area contributed by atoms with Crippen molar-refractivity contribution in [2.75, 3.05) is 0 Å². The van der Waals surface area contributed by atoms with Crippen LogP contribution in [0, 0.1) is 0 Å². The number of aromatic nitrogens is 3. The van der Waals surface area contributed by atoms with E-state index in [1.54, 1.807) is 0 Å². The molecule has 0 aromatic carbocycles. The molecular formula is C7H3BrF3N3O. The van der Waals surface area contributed by atoms with Crippen molar-refractivity contribution in [3.05, 3.63) is 22.6 Å². The highest BCUT2D eigenvalue weighted by Crippen LogP contribution is 2.30. The quantitative estimate of drug-likeness (QED) is 0.755. The third-order valence-corrected chi connectivity index (χ3v) is 2.14. The van der Waals surface area contributed by atoms with Gasteiger partial charge in [0.15, 0.2) is 5.65 Å². The molecule has 0 saturated carbocycles. The lowest BCUT2D eigenvalue weighted by Gasteiger charge is -2.03. The summed E-state index contributed by atoms with van der Waals surface area (Å²) >= 11 is 3.03. The Labute approximate surface area is 89.4 Å². The largest absolute Gasteiger partial charge is 0.453 e. The lowest BCUT2D eigenvalue weighted by Crippen LogP contribution is -2.12. The summed E-state index contributed by atoms with van der Waals surface area (Å²) in [6.45, 7) is 0. The number of imidazole rings is 1. The molecular weight excluding hydrogens is 279 g/mol. The number of alkyl halides is 3. The lowest BCUT2D eigenvalue weighted by molar-refractivity contribution is -0.153. The zero-order valence-electron chi connectivity index (χ0n) is 6.96. The van der Waals surface area contributed by atoms with Gasteiger partial charge in [-0.05, 0) is 22.0 Å². The summed E-state index contributed by atoms with van der Waals surface area (Å²) in [6.07, 6.45) is -3.41. The van der Waals surface area contributed by atoms with Crippen molar-refractivity contribution in [2.45, 2.75) is 6.18 Å². The molecule has 0 unspecified atom stereocenters. The van der Waals surface area contributed by atoms with E-state index in [9.17, 15) is 18.4 Å². The van der Waals surface area contributed by atoms with E-state index < -0.39 is 12.0 Å². The van der Waals surface area contributed by atoms with E-state index >= 15 is 0 Å². The van der Waals surface area contributed by atoms with Crippen molar-refractivity contribution in [1.29, 1.82) is 0 Å². The molecule has 8 heteroatoms. The first-order chi connectivity index (χ1) is 6.89. The van der Waals surface area contributed by atoms with Crippen LogP contribution in [-0.2, 0) is 6.18 Å². The highest BCUT2D eigenvalue weighted by atomic mass is 79.9. The van der Waals surface area contributed by atoms with Crippen molar-refractivity contribution in [3.63, 3.8) is 0 Å². The van der Waals surface area contributed by atoms with Crippen molar-refractivity contribution in [1.82, 2.24) is 14.7 Å². The number of hydrogen-bond acceptors (Lipinski definition) is 3. The van der Waals surface area contributed by atoms with Gasteiger partial charge >= 0.3 is 6.18 Å². The zero-order chi connectivity index (χ0) is 11.2. The molecule has 0 radical (unpaired) electrons. The van der Waals surface area contributed by atoms with Gasteiger partial charge in [0.1, 0.15) is 5.52 Å². The molecule has 0 aliphatic rings. The van der Waals surface area contributed by atoms with Gasteiger partial charge in [-0.25, -0.2) is 9.97 Å². The van der Waals surface area contributed by atoms with E-state index in [1.165, 1.54) is 12.3 Å². The molecule has 80 valence electrons. The Morgan fingerprint density at radius 2 is 2.07 bits per heavy atom. The molecule has 0 fully saturated rings. The summed E-state index contributed by atoms with van der Waals surface area (Å²) in [5, 5.41) is 9.22. The van der Waals surface area contributed by atoms with Crippen molar-refractivity contribution in [3.8, 4) is 0 Å². The van der Waals surface area contributed by atoms with E-state index in [2.05, 4.69) is 25.9 Å². The molecule has 1 N–H and O–H groups in total. The van der Waals surface area contributed by atoms with Crippen LogP contribution in [-0.4, -0.2) is 19.9 Å². The number of halogens is 4. The highest BCUT2D eigenvalue weighted by molar-refractivity contribution is 9.10. The second-order valence-corrected chi connectivity index (χ2v) is 3.66. The fraction of sp³-hybridized carbons (Fsp3) is 0.143. The van der Waals surface area contributed by atoms with Crippen molar-refractivity contribution >= 4 is 27.1 Å². The first kappa shape index (κ1) is 10.2. The van der Waals surface area contributed by atoms with Crippen LogP contribution in [0.4, 0.5) is 13.2 Å². The summed E-state index contributed by atoms with van der Waals surface area (Å²) < 4.78 is 37.4. The number of hydrogen-bond donors (Lipinski definition) is 1. The minimum atomic E-state index is -4.71. The average molecular weight is 282 g/mol. The standard InChI is InChI=1S/C7H3BrF3N3O/c8-3-1-4-5(12-2-3)13-6(14(4)15)7(9,10)11/h1-2,15H. The molecule has 0 aliphatic heterocycles. The van der Waals surface area contributed by atoms with Crippen LogP contribution in [0.3, 0.4) is 0 Å². The first-order valence-electron chi connectivity index (χ1n) is 3.70. The van der Waals surface area contributed by atoms with Crippen LogP contribution in [0.15, 0.2) is 16.7 Å². The molecule has 0 bridgehead atoms. The molecule has 15 heavy (non-hydrogen) atoms. The third kappa shape index (κ3) is 1.65. The molecule has 2 rings (SSSR count). The fourth-order valence-corrected chi connectivity index (χ4v) is 1.43. The normalized spacial score (nSPS) is 12.3. The van der Waals surface area contributed by atoms with Gasteiger partial charge in [-0.15, -0.1) is 0 Å². The van der Waals surface area contributed by atoms with Gasteiger partial charge in [-0.2, -0.15) is 17.9 Å². The second-order valence-electron chi connectivity index (χ2n) is 2.74. The average Bonchev–Trinajstić information content (AvgIpc) is 2.43. The third-order valence-electron chi connectivity index (χ3n) is 1.71. The Kier molecular flexibility index (Phi) is 2.10. The van der Waals surface area contributed by atoms with E-state index in [0.717, 1.165) is 0 Å². The van der Waals surface area contributed by atoms with Gasteiger partial charge in [-0.3, -0.25) is 0 Å². The molecule has 0 saturated heterocycles. The maximum atomic E-state index is 12.3. The van der Waals surface area contributed by atoms with Gasteiger partial charge in [0.2, 0.25) is 0 Å². The topological polar surface area (TPSA) is 50.9 Å². The highest BCUT2D eigenvalue weighted by Gasteiger charge is 2.38. The Morgan fingerprint density at radius 1 is 1.40 bits per heavy atom. The first-order valence-corrected chi connectivity index (χ1v) is 4.49. The molecule has 0 spiro atoms. The van der Waals surface area contributed by atoms with Gasteiger partial charge in [0, 0.05) is 10.7 Å². The minimum Gasteiger partial charge on any atom is -0.426 e. The van der Waals surface area contributed by atoms with E-state index in [0.29, 0.717) is 4.47 Å². The van der Waals surface area contributed by atoms with Crippen LogP contribution in [0.1, 0.15) is 5.82 Å². The van der Waals surface area contributed by atoms with Crippen molar-refractivity contribution < 1.29 is 18.4 Å². The smallest absolute Gasteiger partial charge is 0.426 e. The van der Waals surface area contributed by atoms with Gasteiger partial charge in [0.05, 0.1) is 0 Å². The molecule has 0 aliphatic carbocycles. The maximum absolute atomic E-state index is 12.3.